The van der Waals surface area contributed by atoms with Gasteiger partial charge in [-0.2, -0.15) is 5.10 Å². The zero-order chi connectivity index (χ0) is 10.1. The molecule has 6 heteroatoms. The maximum Gasteiger partial charge on any atom is 0.358 e. The van der Waals surface area contributed by atoms with Gasteiger partial charge in [0.1, 0.15) is 5.52 Å². The number of hydrogen-bond acceptors (Lipinski definition) is 4. The van der Waals surface area contributed by atoms with E-state index in [2.05, 4.69) is 14.8 Å². The number of ether oxygens (including phenoxy) is 1. The number of aromatic nitrogens is 3. The first-order valence-corrected chi connectivity index (χ1v) is 4.18. The fourth-order valence-electron chi connectivity index (χ4n) is 1.09. The van der Waals surface area contributed by atoms with E-state index in [0.29, 0.717) is 5.52 Å². The van der Waals surface area contributed by atoms with Gasteiger partial charge in [-0.3, -0.25) is 0 Å². The van der Waals surface area contributed by atoms with Crippen molar-refractivity contribution in [3.05, 3.63) is 29.3 Å². The summed E-state index contributed by atoms with van der Waals surface area (Å²) in [5.74, 6) is -0.538. The predicted octanol–water partition coefficient (Wildman–Crippen LogP) is 1.17. The lowest BCUT2D eigenvalue weighted by atomic mass is 10.4. The zero-order valence-electron chi connectivity index (χ0n) is 7.27. The van der Waals surface area contributed by atoms with Crippen LogP contribution < -0.4 is 0 Å². The minimum Gasteiger partial charge on any atom is -0.464 e. The van der Waals surface area contributed by atoms with Gasteiger partial charge in [-0.1, -0.05) is 11.6 Å². The zero-order valence-corrected chi connectivity index (χ0v) is 8.02. The van der Waals surface area contributed by atoms with Crippen LogP contribution in [-0.4, -0.2) is 27.7 Å². The highest BCUT2D eigenvalue weighted by Crippen LogP contribution is 2.14. The van der Waals surface area contributed by atoms with Crippen LogP contribution in [-0.2, 0) is 4.74 Å². The largest absolute Gasteiger partial charge is 0.464 e. The molecular formula is C8H6ClN3O2. The molecule has 2 heterocycles. The summed E-state index contributed by atoms with van der Waals surface area (Å²) in [4.78, 5) is 15.0. The third kappa shape index (κ3) is 1.31. The van der Waals surface area contributed by atoms with Crippen molar-refractivity contribution in [2.45, 2.75) is 0 Å². The number of fused-ring (bicyclic) bond motifs is 1. The molecule has 0 aliphatic heterocycles. The van der Waals surface area contributed by atoms with E-state index in [-0.39, 0.29) is 10.8 Å². The van der Waals surface area contributed by atoms with Crippen molar-refractivity contribution in [1.82, 2.24) is 14.6 Å². The molecule has 5 nitrogen and oxygen atoms in total. The maximum absolute atomic E-state index is 11.1. The van der Waals surface area contributed by atoms with Gasteiger partial charge in [0, 0.05) is 0 Å². The average Bonchev–Trinajstić information content (AvgIpc) is 2.64. The number of rotatable bonds is 1. The molecule has 0 aromatic carbocycles. The second-order valence-corrected chi connectivity index (χ2v) is 2.93. The van der Waals surface area contributed by atoms with Crippen molar-refractivity contribution in [2.24, 2.45) is 0 Å². The van der Waals surface area contributed by atoms with E-state index < -0.39 is 5.97 Å². The number of halogens is 1. The van der Waals surface area contributed by atoms with Crippen molar-refractivity contribution >= 4 is 23.1 Å². The quantitative estimate of drug-likeness (QED) is 0.665. The van der Waals surface area contributed by atoms with Crippen LogP contribution in [0.1, 0.15) is 10.5 Å². The molecule has 0 unspecified atom stereocenters. The smallest absolute Gasteiger partial charge is 0.358 e. The normalized spacial score (nSPS) is 10.4. The second kappa shape index (κ2) is 3.26. The minimum atomic E-state index is -0.538. The van der Waals surface area contributed by atoms with Crippen LogP contribution in [0.2, 0.25) is 5.15 Å². The maximum atomic E-state index is 11.1. The molecule has 14 heavy (non-hydrogen) atoms. The summed E-state index contributed by atoms with van der Waals surface area (Å²) in [6.07, 6.45) is 3.04. The lowest BCUT2D eigenvalue weighted by molar-refractivity contribution is 0.0593. The van der Waals surface area contributed by atoms with E-state index in [1.807, 2.05) is 0 Å². The number of esters is 1. The Labute approximate surface area is 84.3 Å². The first-order chi connectivity index (χ1) is 6.72. The Kier molecular flexibility index (Phi) is 2.09. The van der Waals surface area contributed by atoms with E-state index in [1.54, 1.807) is 12.3 Å². The molecule has 0 atom stereocenters. The lowest BCUT2D eigenvalue weighted by Crippen LogP contribution is -2.06. The number of carbonyl (C=O) groups excluding carboxylic acids is 1. The Hall–Kier alpha value is -1.62. The Morgan fingerprint density at radius 3 is 3.14 bits per heavy atom. The second-order valence-electron chi connectivity index (χ2n) is 2.57. The number of carbonyl (C=O) groups is 1. The topological polar surface area (TPSA) is 56.5 Å². The standard InChI is InChI=1S/C8H6ClN3O2/c1-14-8(13)5-4-12-6(2-3-10-12)7(9)11-5/h2-4H,1H3. The van der Waals surface area contributed by atoms with Gasteiger partial charge in [-0.05, 0) is 6.07 Å². The Balaban J connectivity index is 2.64. The van der Waals surface area contributed by atoms with Crippen LogP contribution in [0.5, 0.6) is 0 Å². The molecule has 0 radical (unpaired) electrons. The third-order valence-corrected chi connectivity index (χ3v) is 2.02. The van der Waals surface area contributed by atoms with E-state index >= 15 is 0 Å². The molecule has 2 rings (SSSR count). The van der Waals surface area contributed by atoms with Gasteiger partial charge in [0.2, 0.25) is 0 Å². The highest BCUT2D eigenvalue weighted by Gasteiger charge is 2.11. The summed E-state index contributed by atoms with van der Waals surface area (Å²) < 4.78 is 5.99. The van der Waals surface area contributed by atoms with E-state index in [9.17, 15) is 4.79 Å². The first-order valence-electron chi connectivity index (χ1n) is 3.80. The van der Waals surface area contributed by atoms with E-state index in [0.717, 1.165) is 0 Å². The van der Waals surface area contributed by atoms with Gasteiger partial charge in [-0.25, -0.2) is 14.3 Å². The van der Waals surface area contributed by atoms with Crippen molar-refractivity contribution in [3.8, 4) is 0 Å². The molecule has 0 aliphatic carbocycles. The fourth-order valence-corrected chi connectivity index (χ4v) is 1.33. The van der Waals surface area contributed by atoms with Crippen molar-refractivity contribution in [3.63, 3.8) is 0 Å². The monoisotopic (exact) mass is 211 g/mol. The summed E-state index contributed by atoms with van der Waals surface area (Å²) >= 11 is 5.82. The molecule has 0 bridgehead atoms. The summed E-state index contributed by atoms with van der Waals surface area (Å²) in [6, 6.07) is 1.70. The lowest BCUT2D eigenvalue weighted by Gasteiger charge is -2.00. The minimum absolute atomic E-state index is 0.133. The Morgan fingerprint density at radius 1 is 1.64 bits per heavy atom. The predicted molar refractivity (Wildman–Crippen MR) is 49.3 cm³/mol. The summed E-state index contributed by atoms with van der Waals surface area (Å²) in [5.41, 5.74) is 0.785. The van der Waals surface area contributed by atoms with Crippen LogP contribution in [0.25, 0.3) is 5.52 Å². The molecule has 0 spiro atoms. The van der Waals surface area contributed by atoms with Crippen LogP contribution in [0.4, 0.5) is 0 Å². The van der Waals surface area contributed by atoms with E-state index in [1.165, 1.54) is 17.8 Å². The van der Waals surface area contributed by atoms with Crippen molar-refractivity contribution in [1.29, 1.82) is 0 Å². The van der Waals surface area contributed by atoms with Gasteiger partial charge in [-0.15, -0.1) is 0 Å². The molecule has 0 saturated carbocycles. The van der Waals surface area contributed by atoms with Crippen LogP contribution in [0.15, 0.2) is 18.5 Å². The highest BCUT2D eigenvalue weighted by atomic mass is 35.5. The summed E-state index contributed by atoms with van der Waals surface area (Å²) in [7, 11) is 1.28. The number of nitrogens with zero attached hydrogens (tertiary/aromatic N) is 3. The molecule has 2 aromatic heterocycles. The molecule has 0 fully saturated rings. The fraction of sp³-hybridized carbons (Fsp3) is 0.125. The molecule has 0 amide bonds. The average molecular weight is 212 g/mol. The van der Waals surface area contributed by atoms with Gasteiger partial charge < -0.3 is 4.74 Å². The van der Waals surface area contributed by atoms with Crippen LogP contribution in [0.3, 0.4) is 0 Å². The Morgan fingerprint density at radius 2 is 2.43 bits per heavy atom. The molecular weight excluding hydrogens is 206 g/mol. The number of methoxy groups -OCH3 is 1. The SMILES string of the molecule is COC(=O)c1cn2nccc2c(Cl)n1. The third-order valence-electron chi connectivity index (χ3n) is 1.74. The van der Waals surface area contributed by atoms with Crippen molar-refractivity contribution in [2.75, 3.05) is 7.11 Å². The van der Waals surface area contributed by atoms with Crippen molar-refractivity contribution < 1.29 is 9.53 Å². The van der Waals surface area contributed by atoms with Crippen LogP contribution in [0, 0.1) is 0 Å². The van der Waals surface area contributed by atoms with Gasteiger partial charge >= 0.3 is 5.97 Å². The van der Waals surface area contributed by atoms with Crippen LogP contribution >= 0.6 is 11.6 Å². The molecule has 0 N–H and O–H groups in total. The first kappa shape index (κ1) is 8.96. The van der Waals surface area contributed by atoms with Gasteiger partial charge in [0.25, 0.3) is 0 Å². The highest BCUT2D eigenvalue weighted by molar-refractivity contribution is 6.32. The van der Waals surface area contributed by atoms with E-state index in [4.69, 9.17) is 11.6 Å². The molecule has 72 valence electrons. The molecule has 2 aromatic rings. The summed E-state index contributed by atoms with van der Waals surface area (Å²) in [5, 5.41) is 4.17. The molecule has 0 aliphatic rings. The summed E-state index contributed by atoms with van der Waals surface area (Å²) in [6.45, 7) is 0. The Bertz CT molecular complexity index is 494. The molecule has 0 saturated heterocycles. The van der Waals surface area contributed by atoms with Gasteiger partial charge in [0.15, 0.2) is 10.8 Å². The number of hydrogen-bond donors (Lipinski definition) is 0. The van der Waals surface area contributed by atoms with Gasteiger partial charge in [0.05, 0.1) is 19.5 Å².